The molecule has 0 bridgehead atoms. The van der Waals surface area contributed by atoms with Crippen LogP contribution >= 0.6 is 0 Å². The van der Waals surface area contributed by atoms with Crippen LogP contribution in [0.15, 0.2) is 65.8 Å². The van der Waals surface area contributed by atoms with E-state index < -0.39 is 11.8 Å². The van der Waals surface area contributed by atoms with E-state index in [0.717, 1.165) is 5.56 Å². The van der Waals surface area contributed by atoms with E-state index in [1.807, 2.05) is 44.2 Å². The quantitative estimate of drug-likeness (QED) is 0.333. The van der Waals surface area contributed by atoms with E-state index in [-0.39, 0.29) is 13.3 Å². The summed E-state index contributed by atoms with van der Waals surface area (Å²) >= 11 is 0. The lowest BCUT2D eigenvalue weighted by atomic mass is 10.2. The highest BCUT2D eigenvalue weighted by Crippen LogP contribution is 2.32. The number of hydrogen-bond donors (Lipinski definition) is 2. The second kappa shape index (κ2) is 11.7. The molecule has 9 nitrogen and oxygen atoms in total. The maximum Gasteiger partial charge on any atom is 0.259 e. The van der Waals surface area contributed by atoms with E-state index in [9.17, 15) is 9.59 Å². The summed E-state index contributed by atoms with van der Waals surface area (Å²) in [6, 6.07) is 18.3. The number of nitrogens with zero attached hydrogens (tertiary/aromatic N) is 1. The standard InChI is InChI=1S/C27H27N3O6/c1-3-33-24-12-20(8-10-22(24)34-16-19-6-4-18(2)5-7-19)14-29-30-26(31)15-28-27(32)21-9-11-23-25(13-21)36-17-35-23/h4-14H,3,15-17H2,1-2H3,(H,28,32)(H,30,31). The van der Waals surface area contributed by atoms with Crippen molar-refractivity contribution in [1.29, 1.82) is 0 Å². The number of hydrazone groups is 1. The molecule has 0 aliphatic carbocycles. The zero-order chi connectivity index (χ0) is 25.3. The van der Waals surface area contributed by atoms with Gasteiger partial charge in [-0.25, -0.2) is 5.43 Å². The second-order valence-corrected chi connectivity index (χ2v) is 7.96. The zero-order valence-electron chi connectivity index (χ0n) is 20.1. The van der Waals surface area contributed by atoms with Gasteiger partial charge in [-0.15, -0.1) is 0 Å². The molecule has 3 aromatic rings. The van der Waals surface area contributed by atoms with Gasteiger partial charge in [0.05, 0.1) is 19.4 Å². The first-order chi connectivity index (χ1) is 17.5. The fourth-order valence-electron chi connectivity index (χ4n) is 3.36. The monoisotopic (exact) mass is 489 g/mol. The van der Waals surface area contributed by atoms with E-state index in [0.29, 0.717) is 47.3 Å². The Morgan fingerprint density at radius 3 is 2.58 bits per heavy atom. The molecule has 0 atom stereocenters. The fourth-order valence-corrected chi connectivity index (χ4v) is 3.36. The van der Waals surface area contributed by atoms with Crippen molar-refractivity contribution >= 4 is 18.0 Å². The van der Waals surface area contributed by atoms with Crippen molar-refractivity contribution in [2.45, 2.75) is 20.5 Å². The van der Waals surface area contributed by atoms with Gasteiger partial charge in [-0.3, -0.25) is 9.59 Å². The highest BCUT2D eigenvalue weighted by atomic mass is 16.7. The number of fused-ring (bicyclic) bond motifs is 1. The van der Waals surface area contributed by atoms with Crippen LogP contribution in [0.25, 0.3) is 0 Å². The summed E-state index contributed by atoms with van der Waals surface area (Å²) in [6.07, 6.45) is 1.49. The lowest BCUT2D eigenvalue weighted by Crippen LogP contribution is -2.34. The van der Waals surface area contributed by atoms with Crippen LogP contribution in [-0.2, 0) is 11.4 Å². The van der Waals surface area contributed by atoms with E-state index in [2.05, 4.69) is 15.8 Å². The van der Waals surface area contributed by atoms with Crippen molar-refractivity contribution in [3.63, 3.8) is 0 Å². The highest BCUT2D eigenvalue weighted by Gasteiger charge is 2.16. The smallest absolute Gasteiger partial charge is 0.259 e. The predicted molar refractivity (Wildman–Crippen MR) is 134 cm³/mol. The van der Waals surface area contributed by atoms with Gasteiger partial charge in [0.1, 0.15) is 6.61 Å². The van der Waals surface area contributed by atoms with Gasteiger partial charge in [-0.1, -0.05) is 29.8 Å². The van der Waals surface area contributed by atoms with Crippen molar-refractivity contribution in [2.75, 3.05) is 19.9 Å². The first-order valence-corrected chi connectivity index (χ1v) is 11.5. The molecule has 0 saturated carbocycles. The number of amides is 2. The molecule has 36 heavy (non-hydrogen) atoms. The number of nitrogens with one attached hydrogen (secondary N) is 2. The molecule has 1 heterocycles. The molecule has 2 N–H and O–H groups in total. The van der Waals surface area contributed by atoms with Crippen LogP contribution in [-0.4, -0.2) is 38.0 Å². The Morgan fingerprint density at radius 1 is 0.972 bits per heavy atom. The molecular formula is C27H27N3O6. The molecule has 4 rings (SSSR count). The molecule has 1 aliphatic heterocycles. The predicted octanol–water partition coefficient (Wildman–Crippen LogP) is 3.58. The number of carbonyl (C=O) groups excluding carboxylic acids is 2. The Bertz CT molecular complexity index is 1260. The fraction of sp³-hybridized carbons (Fsp3) is 0.222. The summed E-state index contributed by atoms with van der Waals surface area (Å²) in [7, 11) is 0. The Kier molecular flexibility index (Phi) is 8.02. The van der Waals surface area contributed by atoms with Gasteiger partial charge < -0.3 is 24.3 Å². The summed E-state index contributed by atoms with van der Waals surface area (Å²) in [5, 5.41) is 6.51. The Labute approximate surface area is 209 Å². The van der Waals surface area contributed by atoms with Gasteiger partial charge in [-0.05, 0) is 61.4 Å². The topological polar surface area (TPSA) is 107 Å². The van der Waals surface area contributed by atoms with E-state index in [1.165, 1.54) is 11.8 Å². The van der Waals surface area contributed by atoms with E-state index in [1.54, 1.807) is 30.3 Å². The molecule has 186 valence electrons. The zero-order valence-corrected chi connectivity index (χ0v) is 20.1. The van der Waals surface area contributed by atoms with E-state index in [4.69, 9.17) is 18.9 Å². The van der Waals surface area contributed by atoms with Crippen molar-refractivity contribution in [3.05, 3.63) is 82.9 Å². The first-order valence-electron chi connectivity index (χ1n) is 11.5. The van der Waals surface area contributed by atoms with Crippen LogP contribution in [0.4, 0.5) is 0 Å². The first kappa shape index (κ1) is 24.6. The minimum Gasteiger partial charge on any atom is -0.490 e. The third-order valence-electron chi connectivity index (χ3n) is 5.23. The summed E-state index contributed by atoms with van der Waals surface area (Å²) in [4.78, 5) is 24.4. The van der Waals surface area contributed by atoms with Gasteiger partial charge >= 0.3 is 0 Å². The molecule has 3 aromatic carbocycles. The average molecular weight is 490 g/mol. The third-order valence-corrected chi connectivity index (χ3v) is 5.23. The van der Waals surface area contributed by atoms with Gasteiger partial charge in [0.25, 0.3) is 11.8 Å². The SMILES string of the molecule is CCOc1cc(C=NNC(=O)CNC(=O)c2ccc3c(c2)OCO3)ccc1OCc1ccc(C)cc1. The lowest BCUT2D eigenvalue weighted by molar-refractivity contribution is -0.120. The van der Waals surface area contributed by atoms with Gasteiger partial charge in [0, 0.05) is 5.56 Å². The normalized spacial score (nSPS) is 11.8. The highest BCUT2D eigenvalue weighted by molar-refractivity contribution is 5.97. The van der Waals surface area contributed by atoms with Crippen molar-refractivity contribution in [1.82, 2.24) is 10.7 Å². The van der Waals surface area contributed by atoms with Crippen LogP contribution in [0, 0.1) is 6.92 Å². The Balaban J connectivity index is 1.28. The summed E-state index contributed by atoms with van der Waals surface area (Å²) in [6.45, 7) is 4.71. The minimum atomic E-state index is -0.469. The number of rotatable bonds is 10. The number of benzene rings is 3. The number of aryl methyl sites for hydroxylation is 1. The summed E-state index contributed by atoms with van der Waals surface area (Å²) in [5.41, 5.74) is 5.72. The maximum absolute atomic E-state index is 12.3. The average Bonchev–Trinajstić information content (AvgIpc) is 3.36. The molecule has 0 saturated heterocycles. The van der Waals surface area contributed by atoms with Crippen LogP contribution < -0.4 is 29.7 Å². The molecule has 9 heteroatoms. The third kappa shape index (κ3) is 6.53. The minimum absolute atomic E-state index is 0.121. The Morgan fingerprint density at radius 2 is 1.78 bits per heavy atom. The van der Waals surface area contributed by atoms with Crippen molar-refractivity contribution < 1.29 is 28.5 Å². The number of hydrogen-bond acceptors (Lipinski definition) is 7. The molecule has 0 spiro atoms. The molecule has 2 amide bonds. The molecule has 0 fully saturated rings. The number of carbonyl (C=O) groups is 2. The Hall–Kier alpha value is -4.53. The molecular weight excluding hydrogens is 462 g/mol. The second-order valence-electron chi connectivity index (χ2n) is 7.96. The van der Waals surface area contributed by atoms with Crippen LogP contribution in [0.3, 0.4) is 0 Å². The molecule has 1 aliphatic rings. The van der Waals surface area contributed by atoms with Crippen LogP contribution in [0.2, 0.25) is 0 Å². The van der Waals surface area contributed by atoms with Crippen LogP contribution in [0.1, 0.15) is 34.0 Å². The number of ether oxygens (including phenoxy) is 4. The van der Waals surface area contributed by atoms with Crippen LogP contribution in [0.5, 0.6) is 23.0 Å². The summed E-state index contributed by atoms with van der Waals surface area (Å²) in [5.74, 6) is 1.39. The lowest BCUT2D eigenvalue weighted by Gasteiger charge is -2.13. The van der Waals surface area contributed by atoms with Crippen molar-refractivity contribution in [3.8, 4) is 23.0 Å². The maximum atomic E-state index is 12.3. The van der Waals surface area contributed by atoms with Gasteiger partial charge in [0.15, 0.2) is 23.0 Å². The summed E-state index contributed by atoms with van der Waals surface area (Å²) < 4.78 is 22.1. The van der Waals surface area contributed by atoms with E-state index >= 15 is 0 Å². The largest absolute Gasteiger partial charge is 0.490 e. The van der Waals surface area contributed by atoms with Gasteiger partial charge in [0.2, 0.25) is 6.79 Å². The molecule has 0 unspecified atom stereocenters. The molecule has 0 radical (unpaired) electrons. The van der Waals surface area contributed by atoms with Crippen molar-refractivity contribution in [2.24, 2.45) is 5.10 Å². The molecule has 0 aromatic heterocycles. The van der Waals surface area contributed by atoms with Gasteiger partial charge in [-0.2, -0.15) is 5.10 Å².